The van der Waals surface area contributed by atoms with Crippen LogP contribution >= 0.6 is 24.0 Å². The van der Waals surface area contributed by atoms with Gasteiger partial charge in [0.1, 0.15) is 5.69 Å². The van der Waals surface area contributed by atoms with Gasteiger partial charge in [-0.2, -0.15) is 0 Å². The summed E-state index contributed by atoms with van der Waals surface area (Å²) in [5, 5.41) is 0. The van der Waals surface area contributed by atoms with Crippen molar-refractivity contribution in [2.45, 2.75) is 6.92 Å². The van der Waals surface area contributed by atoms with Gasteiger partial charge in [0, 0.05) is 19.7 Å². The van der Waals surface area contributed by atoms with E-state index >= 15 is 0 Å². The molecule has 0 N–H and O–H groups in total. The van der Waals surface area contributed by atoms with Crippen LogP contribution in [0.5, 0.6) is 0 Å². The van der Waals surface area contributed by atoms with Crippen LogP contribution in [0.1, 0.15) is 11.3 Å². The fraction of sp³-hybridized carbons (Fsp3) is 0.130. The molecule has 0 aliphatic carbocycles. The summed E-state index contributed by atoms with van der Waals surface area (Å²) >= 11 is 6.57. The molecular formula is C23H18N4O3S2. The minimum atomic E-state index is -0.459. The Kier molecular flexibility index (Phi) is 4.68. The molecule has 2 aliphatic heterocycles. The number of carbonyl (C=O) groups excluding carboxylic acids is 2. The fourth-order valence-electron chi connectivity index (χ4n) is 4.11. The van der Waals surface area contributed by atoms with Crippen molar-refractivity contribution in [3.63, 3.8) is 0 Å². The highest BCUT2D eigenvalue weighted by atomic mass is 32.2. The fourth-order valence-corrected chi connectivity index (χ4v) is 5.46. The third-order valence-electron chi connectivity index (χ3n) is 5.80. The van der Waals surface area contributed by atoms with Gasteiger partial charge in [-0.25, -0.2) is 4.68 Å². The SMILES string of the molecule is Cc1c(N2C(=O)C(=C3C(=O)N(C)c4ccccc43)SC2=S)c(=O)n(-c2ccccc2)n1C. The van der Waals surface area contributed by atoms with Crippen LogP contribution in [-0.2, 0) is 16.6 Å². The van der Waals surface area contributed by atoms with E-state index in [9.17, 15) is 14.4 Å². The lowest BCUT2D eigenvalue weighted by Crippen LogP contribution is -2.33. The molecule has 160 valence electrons. The zero-order chi connectivity index (χ0) is 22.7. The Morgan fingerprint density at radius 2 is 1.53 bits per heavy atom. The highest BCUT2D eigenvalue weighted by molar-refractivity contribution is 8.27. The summed E-state index contributed by atoms with van der Waals surface area (Å²) in [6, 6.07) is 16.5. The van der Waals surface area contributed by atoms with Crippen molar-refractivity contribution in [1.29, 1.82) is 0 Å². The third kappa shape index (κ3) is 2.74. The van der Waals surface area contributed by atoms with Crippen molar-refractivity contribution in [3.05, 3.63) is 81.1 Å². The zero-order valence-electron chi connectivity index (χ0n) is 17.5. The number of nitrogens with zero attached hydrogens (tertiary/aromatic N) is 4. The molecule has 3 heterocycles. The van der Waals surface area contributed by atoms with E-state index < -0.39 is 5.91 Å². The minimum absolute atomic E-state index is 0.196. The van der Waals surface area contributed by atoms with Crippen LogP contribution in [0.2, 0.25) is 0 Å². The molecule has 5 rings (SSSR count). The first-order valence-corrected chi connectivity index (χ1v) is 11.1. The lowest BCUT2D eigenvalue weighted by atomic mass is 10.1. The van der Waals surface area contributed by atoms with E-state index in [1.807, 2.05) is 54.6 Å². The van der Waals surface area contributed by atoms with E-state index in [1.54, 1.807) is 25.7 Å². The van der Waals surface area contributed by atoms with Crippen LogP contribution in [0.4, 0.5) is 11.4 Å². The monoisotopic (exact) mass is 462 g/mol. The predicted molar refractivity (Wildman–Crippen MR) is 130 cm³/mol. The normalized spacial score (nSPS) is 18.2. The molecule has 7 nitrogen and oxygen atoms in total. The molecule has 0 saturated carbocycles. The summed E-state index contributed by atoms with van der Waals surface area (Å²) in [7, 11) is 3.43. The summed E-state index contributed by atoms with van der Waals surface area (Å²) in [5.74, 6) is -0.724. The number of anilines is 2. The number of carbonyl (C=O) groups is 2. The summed E-state index contributed by atoms with van der Waals surface area (Å²) < 4.78 is 3.42. The maximum Gasteiger partial charge on any atom is 0.296 e. The molecular weight excluding hydrogens is 444 g/mol. The topological polar surface area (TPSA) is 67.6 Å². The molecule has 1 saturated heterocycles. The number of fused-ring (bicyclic) bond motifs is 1. The summed E-state index contributed by atoms with van der Waals surface area (Å²) in [6.45, 7) is 1.77. The molecule has 3 aromatic rings. The van der Waals surface area contributed by atoms with Crippen molar-refractivity contribution >= 4 is 57.1 Å². The first kappa shape index (κ1) is 20.5. The van der Waals surface area contributed by atoms with Crippen LogP contribution in [0.3, 0.4) is 0 Å². The number of thiocarbonyl (C=S) groups is 1. The molecule has 32 heavy (non-hydrogen) atoms. The molecule has 1 fully saturated rings. The molecule has 1 aromatic heterocycles. The molecule has 0 atom stereocenters. The number of thioether (sulfide) groups is 1. The van der Waals surface area contributed by atoms with Crippen LogP contribution in [0.25, 0.3) is 11.3 Å². The Hall–Kier alpha value is -3.43. The van der Waals surface area contributed by atoms with Crippen LogP contribution in [-0.4, -0.2) is 32.5 Å². The number of aromatic nitrogens is 2. The molecule has 0 bridgehead atoms. The molecule has 2 aromatic carbocycles. The second-order valence-electron chi connectivity index (χ2n) is 7.50. The lowest BCUT2D eigenvalue weighted by Gasteiger charge is -2.12. The molecule has 2 amide bonds. The standard InChI is InChI=1S/C23H18N4O3S2/c1-13-18(21(29)27(25(13)3)14-9-5-4-6-10-14)26-22(30)19(32-23(26)31)17-15-11-7-8-12-16(15)24(2)20(17)28/h4-12H,1-3H3. The number of hydrogen-bond acceptors (Lipinski definition) is 5. The van der Waals surface area contributed by atoms with Crippen LogP contribution in [0.15, 0.2) is 64.3 Å². The van der Waals surface area contributed by atoms with Gasteiger partial charge in [0.15, 0.2) is 4.32 Å². The Morgan fingerprint density at radius 1 is 0.875 bits per heavy atom. The number of para-hydroxylation sites is 2. The average Bonchev–Trinajstić information content (AvgIpc) is 3.30. The Balaban J connectivity index is 1.67. The van der Waals surface area contributed by atoms with Gasteiger partial charge in [-0.15, -0.1) is 0 Å². The number of benzene rings is 2. The van der Waals surface area contributed by atoms with E-state index in [-0.39, 0.29) is 26.4 Å². The maximum atomic E-state index is 13.6. The number of likely N-dealkylation sites (N-methyl/N-ethyl adjacent to an activating group) is 1. The summed E-state index contributed by atoms with van der Waals surface area (Å²) in [5.41, 5.74) is 2.86. The highest BCUT2D eigenvalue weighted by Gasteiger charge is 2.43. The van der Waals surface area contributed by atoms with Crippen molar-refractivity contribution in [2.24, 2.45) is 7.05 Å². The van der Waals surface area contributed by atoms with Crippen molar-refractivity contribution in [2.75, 3.05) is 16.8 Å². The van der Waals surface area contributed by atoms with Gasteiger partial charge >= 0.3 is 0 Å². The van der Waals surface area contributed by atoms with E-state index in [0.29, 0.717) is 22.5 Å². The Bertz CT molecular complexity index is 1420. The number of hydrogen-bond donors (Lipinski definition) is 0. The van der Waals surface area contributed by atoms with Crippen molar-refractivity contribution in [3.8, 4) is 5.69 Å². The quantitative estimate of drug-likeness (QED) is 0.432. The van der Waals surface area contributed by atoms with Gasteiger partial charge in [0.05, 0.1) is 27.5 Å². The van der Waals surface area contributed by atoms with Crippen molar-refractivity contribution in [1.82, 2.24) is 9.36 Å². The second kappa shape index (κ2) is 7.32. The van der Waals surface area contributed by atoms with Gasteiger partial charge in [-0.1, -0.05) is 60.4 Å². The second-order valence-corrected chi connectivity index (χ2v) is 9.15. The van der Waals surface area contributed by atoms with E-state index in [1.165, 1.54) is 14.5 Å². The molecule has 0 spiro atoms. The van der Waals surface area contributed by atoms with E-state index in [2.05, 4.69) is 0 Å². The lowest BCUT2D eigenvalue weighted by molar-refractivity contribution is -0.115. The molecule has 0 unspecified atom stereocenters. The Morgan fingerprint density at radius 3 is 2.25 bits per heavy atom. The van der Waals surface area contributed by atoms with Gasteiger partial charge in [-0.3, -0.25) is 24.0 Å². The predicted octanol–water partition coefficient (Wildman–Crippen LogP) is 3.24. The number of rotatable bonds is 2. The van der Waals surface area contributed by atoms with E-state index in [4.69, 9.17) is 12.2 Å². The van der Waals surface area contributed by atoms with Gasteiger partial charge < -0.3 is 4.90 Å². The van der Waals surface area contributed by atoms with Gasteiger partial charge in [0.25, 0.3) is 17.4 Å². The molecule has 2 aliphatic rings. The summed E-state index contributed by atoms with van der Waals surface area (Å²) in [4.78, 5) is 43.0. The van der Waals surface area contributed by atoms with Gasteiger partial charge in [0.2, 0.25) is 0 Å². The maximum absolute atomic E-state index is 13.6. The number of amides is 2. The zero-order valence-corrected chi connectivity index (χ0v) is 19.2. The Labute approximate surface area is 193 Å². The van der Waals surface area contributed by atoms with E-state index in [0.717, 1.165) is 17.4 Å². The van der Waals surface area contributed by atoms with Crippen LogP contribution < -0.4 is 15.4 Å². The largest absolute Gasteiger partial charge is 0.311 e. The molecule has 0 radical (unpaired) electrons. The smallest absolute Gasteiger partial charge is 0.296 e. The molecule has 9 heteroatoms. The first-order chi connectivity index (χ1) is 15.3. The van der Waals surface area contributed by atoms with Crippen LogP contribution in [0, 0.1) is 6.92 Å². The average molecular weight is 463 g/mol. The van der Waals surface area contributed by atoms with Gasteiger partial charge in [-0.05, 0) is 25.1 Å². The van der Waals surface area contributed by atoms with Crippen molar-refractivity contribution < 1.29 is 9.59 Å². The summed E-state index contributed by atoms with van der Waals surface area (Å²) in [6.07, 6.45) is 0. The highest BCUT2D eigenvalue weighted by Crippen LogP contribution is 2.45. The first-order valence-electron chi connectivity index (χ1n) is 9.85. The third-order valence-corrected chi connectivity index (χ3v) is 7.17. The minimum Gasteiger partial charge on any atom is -0.311 e.